The summed E-state index contributed by atoms with van der Waals surface area (Å²) in [4.78, 5) is 0.302. The lowest BCUT2D eigenvalue weighted by Gasteiger charge is -2.16. The molecule has 0 saturated carbocycles. The van der Waals surface area contributed by atoms with Crippen LogP contribution in [0.4, 0.5) is 0 Å². The molecule has 1 aliphatic heterocycles. The van der Waals surface area contributed by atoms with Gasteiger partial charge >= 0.3 is 0 Å². The molecule has 0 unspecified atom stereocenters. The molecule has 1 fully saturated rings. The third-order valence-electron chi connectivity index (χ3n) is 4.01. The molecular formula is C16H17BrN2O2S. The predicted molar refractivity (Wildman–Crippen MR) is 90.1 cm³/mol. The Morgan fingerprint density at radius 1 is 1.00 bits per heavy atom. The quantitative estimate of drug-likeness (QED) is 0.889. The van der Waals surface area contributed by atoms with E-state index >= 15 is 0 Å². The standard InChI is InChI=1S/C16H17BrN2O2S/c17-13-6-8-14(9-7-13)22(20,21)19-10-15(16(18)11-19)12-4-2-1-3-5-12/h1-9,15-16H,10-11,18H2/t15-,16+/m0/s1. The van der Waals surface area contributed by atoms with Crippen LogP contribution in [0, 0.1) is 0 Å². The lowest BCUT2D eigenvalue weighted by atomic mass is 9.95. The van der Waals surface area contributed by atoms with Gasteiger partial charge in [-0.05, 0) is 29.8 Å². The molecule has 22 heavy (non-hydrogen) atoms. The van der Waals surface area contributed by atoms with Gasteiger partial charge in [-0.15, -0.1) is 0 Å². The lowest BCUT2D eigenvalue weighted by Crippen LogP contribution is -2.32. The summed E-state index contributed by atoms with van der Waals surface area (Å²) >= 11 is 3.32. The summed E-state index contributed by atoms with van der Waals surface area (Å²) in [6, 6.07) is 16.4. The van der Waals surface area contributed by atoms with Crippen molar-refractivity contribution in [2.75, 3.05) is 13.1 Å². The average molecular weight is 381 g/mol. The highest BCUT2D eigenvalue weighted by Gasteiger charge is 2.38. The van der Waals surface area contributed by atoms with E-state index in [-0.39, 0.29) is 12.0 Å². The number of nitrogens with zero attached hydrogens (tertiary/aromatic N) is 1. The molecule has 6 heteroatoms. The first-order valence-corrected chi connectivity index (χ1v) is 9.28. The van der Waals surface area contributed by atoms with Gasteiger partial charge in [-0.25, -0.2) is 8.42 Å². The van der Waals surface area contributed by atoms with Gasteiger partial charge in [0.2, 0.25) is 10.0 Å². The Labute approximate surface area is 139 Å². The summed E-state index contributed by atoms with van der Waals surface area (Å²) in [6.45, 7) is 0.765. The van der Waals surface area contributed by atoms with Crippen molar-refractivity contribution in [3.05, 3.63) is 64.6 Å². The van der Waals surface area contributed by atoms with Gasteiger partial charge < -0.3 is 5.73 Å². The third-order valence-corrected chi connectivity index (χ3v) is 6.39. The fourth-order valence-electron chi connectivity index (χ4n) is 2.80. The van der Waals surface area contributed by atoms with Crippen LogP contribution in [0.3, 0.4) is 0 Å². The molecule has 1 saturated heterocycles. The number of halogens is 1. The average Bonchev–Trinajstić information content (AvgIpc) is 2.91. The van der Waals surface area contributed by atoms with Crippen molar-refractivity contribution in [3.8, 4) is 0 Å². The Balaban J connectivity index is 1.86. The molecule has 2 atom stereocenters. The Kier molecular flexibility index (Phi) is 4.36. The number of hydrogen-bond donors (Lipinski definition) is 1. The summed E-state index contributed by atoms with van der Waals surface area (Å²) in [5.74, 6) is 0.0337. The SMILES string of the molecule is N[C@@H]1CN(S(=O)(=O)c2ccc(Br)cc2)C[C@H]1c1ccccc1. The Morgan fingerprint density at radius 3 is 2.27 bits per heavy atom. The van der Waals surface area contributed by atoms with Crippen molar-refractivity contribution >= 4 is 26.0 Å². The third kappa shape index (κ3) is 2.96. The van der Waals surface area contributed by atoms with Crippen LogP contribution in [0.2, 0.25) is 0 Å². The molecule has 4 nitrogen and oxygen atoms in total. The first kappa shape index (κ1) is 15.7. The first-order valence-electron chi connectivity index (χ1n) is 7.05. The van der Waals surface area contributed by atoms with Gasteiger partial charge in [-0.3, -0.25) is 0 Å². The Hall–Kier alpha value is -1.21. The summed E-state index contributed by atoms with van der Waals surface area (Å²) in [5, 5.41) is 0. The van der Waals surface area contributed by atoms with E-state index in [1.807, 2.05) is 30.3 Å². The van der Waals surface area contributed by atoms with Crippen molar-refractivity contribution < 1.29 is 8.42 Å². The van der Waals surface area contributed by atoms with Gasteiger partial charge in [-0.1, -0.05) is 46.3 Å². The maximum atomic E-state index is 12.7. The van der Waals surface area contributed by atoms with E-state index in [1.54, 1.807) is 24.3 Å². The second-order valence-corrected chi connectivity index (χ2v) is 8.31. The molecule has 0 aliphatic carbocycles. The Morgan fingerprint density at radius 2 is 1.64 bits per heavy atom. The van der Waals surface area contributed by atoms with Crippen molar-refractivity contribution in [1.82, 2.24) is 4.31 Å². The number of benzene rings is 2. The summed E-state index contributed by atoms with van der Waals surface area (Å²) in [5.41, 5.74) is 7.27. The van der Waals surface area contributed by atoms with Gasteiger partial charge in [0.15, 0.2) is 0 Å². The van der Waals surface area contributed by atoms with Crippen molar-refractivity contribution in [2.24, 2.45) is 5.73 Å². The van der Waals surface area contributed by atoms with E-state index in [2.05, 4.69) is 15.9 Å². The maximum absolute atomic E-state index is 12.7. The molecule has 3 rings (SSSR count). The largest absolute Gasteiger partial charge is 0.326 e. The van der Waals surface area contributed by atoms with E-state index in [9.17, 15) is 8.42 Å². The molecule has 0 amide bonds. The normalized spacial score (nSPS) is 22.8. The summed E-state index contributed by atoms with van der Waals surface area (Å²) in [6.07, 6.45) is 0. The second-order valence-electron chi connectivity index (χ2n) is 5.46. The number of hydrogen-bond acceptors (Lipinski definition) is 3. The number of rotatable bonds is 3. The summed E-state index contributed by atoms with van der Waals surface area (Å²) < 4.78 is 27.8. The molecule has 0 spiro atoms. The molecule has 0 bridgehead atoms. The molecule has 1 heterocycles. The first-order chi connectivity index (χ1) is 10.5. The van der Waals surface area contributed by atoms with Gasteiger partial charge in [0.05, 0.1) is 4.90 Å². The van der Waals surface area contributed by atoms with Crippen LogP contribution in [0.1, 0.15) is 11.5 Å². The van der Waals surface area contributed by atoms with E-state index in [0.717, 1.165) is 10.0 Å². The highest BCUT2D eigenvalue weighted by Crippen LogP contribution is 2.30. The van der Waals surface area contributed by atoms with Crippen molar-refractivity contribution in [1.29, 1.82) is 0 Å². The van der Waals surface area contributed by atoms with Crippen LogP contribution < -0.4 is 5.73 Å². The number of sulfonamides is 1. The van der Waals surface area contributed by atoms with Crippen LogP contribution in [0.5, 0.6) is 0 Å². The van der Waals surface area contributed by atoms with Gasteiger partial charge in [0.25, 0.3) is 0 Å². The van der Waals surface area contributed by atoms with Gasteiger partial charge in [0, 0.05) is 29.5 Å². The Bertz CT molecular complexity index is 747. The van der Waals surface area contributed by atoms with Crippen LogP contribution in [0.15, 0.2) is 64.0 Å². The number of nitrogens with two attached hydrogens (primary N) is 1. The van der Waals surface area contributed by atoms with E-state index in [1.165, 1.54) is 4.31 Å². The van der Waals surface area contributed by atoms with Crippen LogP contribution in [-0.4, -0.2) is 31.9 Å². The van der Waals surface area contributed by atoms with Crippen LogP contribution >= 0.6 is 15.9 Å². The topological polar surface area (TPSA) is 63.4 Å². The predicted octanol–water partition coefficient (Wildman–Crippen LogP) is 2.56. The molecule has 2 N–H and O–H groups in total. The fraction of sp³-hybridized carbons (Fsp3) is 0.250. The second kappa shape index (κ2) is 6.12. The molecule has 2 aromatic carbocycles. The van der Waals surface area contributed by atoms with Crippen molar-refractivity contribution in [3.63, 3.8) is 0 Å². The highest BCUT2D eigenvalue weighted by atomic mass is 79.9. The zero-order chi connectivity index (χ0) is 15.7. The van der Waals surface area contributed by atoms with Crippen LogP contribution in [0.25, 0.3) is 0 Å². The van der Waals surface area contributed by atoms with Gasteiger partial charge in [-0.2, -0.15) is 4.31 Å². The zero-order valence-corrected chi connectivity index (χ0v) is 14.3. The minimum absolute atomic E-state index is 0.0337. The van der Waals surface area contributed by atoms with Gasteiger partial charge in [0.1, 0.15) is 0 Å². The minimum Gasteiger partial charge on any atom is -0.326 e. The monoisotopic (exact) mass is 380 g/mol. The molecule has 2 aromatic rings. The smallest absolute Gasteiger partial charge is 0.243 e. The van der Waals surface area contributed by atoms with Crippen molar-refractivity contribution in [2.45, 2.75) is 16.9 Å². The van der Waals surface area contributed by atoms with E-state index < -0.39 is 10.0 Å². The van der Waals surface area contributed by atoms with E-state index in [4.69, 9.17) is 5.73 Å². The molecule has 1 aliphatic rings. The lowest BCUT2D eigenvalue weighted by molar-refractivity contribution is 0.470. The zero-order valence-electron chi connectivity index (χ0n) is 11.9. The highest BCUT2D eigenvalue weighted by molar-refractivity contribution is 9.10. The summed E-state index contributed by atoms with van der Waals surface area (Å²) in [7, 11) is -3.50. The fourth-order valence-corrected chi connectivity index (χ4v) is 4.56. The minimum atomic E-state index is -3.50. The molecular weight excluding hydrogens is 364 g/mol. The van der Waals surface area contributed by atoms with Crippen LogP contribution in [-0.2, 0) is 10.0 Å². The molecule has 116 valence electrons. The molecule has 0 aromatic heterocycles. The molecule has 0 radical (unpaired) electrons. The maximum Gasteiger partial charge on any atom is 0.243 e. The van der Waals surface area contributed by atoms with E-state index in [0.29, 0.717) is 18.0 Å².